The van der Waals surface area contributed by atoms with Crippen molar-refractivity contribution in [3.63, 3.8) is 0 Å². The molecule has 2 aromatic rings. The molecule has 7 nitrogen and oxygen atoms in total. The molecule has 0 bridgehead atoms. The number of rotatable bonds is 7. The van der Waals surface area contributed by atoms with Gasteiger partial charge in [-0.2, -0.15) is 4.31 Å². The van der Waals surface area contributed by atoms with Crippen molar-refractivity contribution >= 4 is 27.3 Å². The summed E-state index contributed by atoms with van der Waals surface area (Å²) in [5.41, 5.74) is 0.952. The number of ether oxygens (including phenoxy) is 1. The largest absolute Gasteiger partial charge is 0.496 e. The van der Waals surface area contributed by atoms with Crippen molar-refractivity contribution < 1.29 is 17.9 Å². The number of nitrogens with zero attached hydrogens (tertiary/aromatic N) is 3. The Kier molecular flexibility index (Phi) is 6.71. The van der Waals surface area contributed by atoms with Gasteiger partial charge in [0, 0.05) is 45.3 Å². The van der Waals surface area contributed by atoms with Gasteiger partial charge in [0.25, 0.3) is 10.0 Å². The number of thiophene rings is 1. The molecule has 0 saturated carbocycles. The maximum atomic E-state index is 12.6. The lowest BCUT2D eigenvalue weighted by Crippen LogP contribution is -2.51. The number of likely N-dealkylation sites (N-methyl/N-ethyl adjacent to an activating group) is 1. The van der Waals surface area contributed by atoms with E-state index in [1.807, 2.05) is 29.2 Å². The topological polar surface area (TPSA) is 70.2 Å². The molecule has 1 saturated heterocycles. The average molecular weight is 424 g/mol. The highest BCUT2D eigenvalue weighted by Crippen LogP contribution is 2.22. The molecule has 28 heavy (non-hydrogen) atoms. The van der Waals surface area contributed by atoms with Crippen LogP contribution < -0.4 is 4.74 Å². The Hall–Kier alpha value is -1.94. The maximum absolute atomic E-state index is 12.6. The minimum Gasteiger partial charge on any atom is -0.496 e. The fourth-order valence-corrected chi connectivity index (χ4v) is 5.72. The van der Waals surface area contributed by atoms with E-state index in [2.05, 4.69) is 0 Å². The molecule has 0 unspecified atom stereocenters. The number of carbonyl (C=O) groups is 1. The number of sulfonamides is 1. The molecule has 1 aromatic carbocycles. The molecule has 0 spiro atoms. The Morgan fingerprint density at radius 2 is 1.86 bits per heavy atom. The first kappa shape index (κ1) is 20.8. The smallest absolute Gasteiger partial charge is 0.252 e. The first-order valence-corrected chi connectivity index (χ1v) is 11.4. The summed E-state index contributed by atoms with van der Waals surface area (Å²) in [6.45, 7) is 2.61. The minimum atomic E-state index is -3.42. The first-order valence-electron chi connectivity index (χ1n) is 9.03. The molecule has 1 aliphatic rings. The standard InChI is InChI=1S/C19H25N3O4S2/c1-20(14-16-6-3-4-7-17(16)26-2)18(23)15-21-9-11-22(12-10-21)28(24,25)19-8-5-13-27-19/h3-8,13H,9-12,14-15H2,1-2H3. The van der Waals surface area contributed by atoms with Crippen LogP contribution in [0.5, 0.6) is 5.75 Å². The van der Waals surface area contributed by atoms with Crippen molar-refractivity contribution in [2.45, 2.75) is 10.8 Å². The van der Waals surface area contributed by atoms with Crippen LogP contribution in [0.1, 0.15) is 5.56 Å². The second kappa shape index (κ2) is 9.04. The van der Waals surface area contributed by atoms with Crippen LogP contribution in [0.2, 0.25) is 0 Å². The van der Waals surface area contributed by atoms with Gasteiger partial charge >= 0.3 is 0 Å². The molecule has 2 heterocycles. The molecule has 1 amide bonds. The van der Waals surface area contributed by atoms with Crippen LogP contribution >= 0.6 is 11.3 Å². The summed E-state index contributed by atoms with van der Waals surface area (Å²) >= 11 is 1.23. The van der Waals surface area contributed by atoms with E-state index in [9.17, 15) is 13.2 Å². The van der Waals surface area contributed by atoms with Gasteiger partial charge in [0.1, 0.15) is 9.96 Å². The van der Waals surface area contributed by atoms with Crippen LogP contribution in [0.25, 0.3) is 0 Å². The van der Waals surface area contributed by atoms with Crippen LogP contribution in [0.15, 0.2) is 46.0 Å². The third-order valence-electron chi connectivity index (χ3n) is 4.81. The average Bonchev–Trinajstić information content (AvgIpc) is 3.24. The summed E-state index contributed by atoms with van der Waals surface area (Å²) in [7, 11) is -0.0338. The molecular weight excluding hydrogens is 398 g/mol. The van der Waals surface area contributed by atoms with Gasteiger partial charge in [-0.1, -0.05) is 24.3 Å². The van der Waals surface area contributed by atoms with Crippen molar-refractivity contribution in [1.29, 1.82) is 0 Å². The molecular formula is C19H25N3O4S2. The van der Waals surface area contributed by atoms with Crippen LogP contribution in [0.4, 0.5) is 0 Å². The zero-order chi connectivity index (χ0) is 20.1. The van der Waals surface area contributed by atoms with Gasteiger partial charge < -0.3 is 9.64 Å². The van der Waals surface area contributed by atoms with Crippen LogP contribution in [0.3, 0.4) is 0 Å². The Morgan fingerprint density at radius 1 is 1.14 bits per heavy atom. The molecule has 1 fully saturated rings. The van der Waals surface area contributed by atoms with E-state index in [0.717, 1.165) is 11.3 Å². The summed E-state index contributed by atoms with van der Waals surface area (Å²) in [4.78, 5) is 16.3. The second-order valence-corrected chi connectivity index (χ2v) is 9.79. The van der Waals surface area contributed by atoms with Gasteiger partial charge in [-0.05, 0) is 17.5 Å². The monoisotopic (exact) mass is 423 g/mol. The van der Waals surface area contributed by atoms with Crippen LogP contribution in [-0.4, -0.2) is 75.3 Å². The summed E-state index contributed by atoms with van der Waals surface area (Å²) in [6, 6.07) is 11.0. The van der Waals surface area contributed by atoms with Gasteiger partial charge in [-0.25, -0.2) is 8.42 Å². The number of hydrogen-bond donors (Lipinski definition) is 0. The van der Waals surface area contributed by atoms with E-state index in [-0.39, 0.29) is 12.5 Å². The predicted octanol–water partition coefficient (Wildman–Crippen LogP) is 1.72. The predicted molar refractivity (Wildman–Crippen MR) is 109 cm³/mol. The Labute approximate surface area is 170 Å². The second-order valence-electron chi connectivity index (χ2n) is 6.67. The van der Waals surface area contributed by atoms with E-state index in [4.69, 9.17) is 4.74 Å². The summed E-state index contributed by atoms with van der Waals surface area (Å²) in [6.07, 6.45) is 0. The normalized spacial score (nSPS) is 16.1. The van der Waals surface area contributed by atoms with Gasteiger partial charge in [0.05, 0.1) is 13.7 Å². The summed E-state index contributed by atoms with van der Waals surface area (Å²) < 4.78 is 32.4. The lowest BCUT2D eigenvalue weighted by molar-refractivity contribution is -0.131. The summed E-state index contributed by atoms with van der Waals surface area (Å²) in [5.74, 6) is 0.759. The lowest BCUT2D eigenvalue weighted by Gasteiger charge is -2.34. The van der Waals surface area contributed by atoms with Crippen molar-refractivity contribution in [3.05, 3.63) is 47.3 Å². The fourth-order valence-electron chi connectivity index (χ4n) is 3.15. The lowest BCUT2D eigenvalue weighted by atomic mass is 10.2. The van der Waals surface area contributed by atoms with E-state index < -0.39 is 10.0 Å². The Balaban J connectivity index is 1.52. The van der Waals surface area contributed by atoms with E-state index in [1.165, 1.54) is 15.6 Å². The molecule has 9 heteroatoms. The Bertz CT molecular complexity index is 892. The number of carbonyl (C=O) groups excluding carboxylic acids is 1. The number of benzene rings is 1. The highest BCUT2D eigenvalue weighted by atomic mass is 32.2. The molecule has 0 atom stereocenters. The number of methoxy groups -OCH3 is 1. The minimum absolute atomic E-state index is 0.000435. The molecule has 1 aromatic heterocycles. The van der Waals surface area contributed by atoms with E-state index >= 15 is 0 Å². The van der Waals surface area contributed by atoms with Crippen LogP contribution in [-0.2, 0) is 21.4 Å². The molecule has 0 N–H and O–H groups in total. The summed E-state index contributed by atoms with van der Waals surface area (Å²) in [5, 5.41) is 1.76. The number of amides is 1. The highest BCUT2D eigenvalue weighted by molar-refractivity contribution is 7.91. The quantitative estimate of drug-likeness (QED) is 0.678. The number of piperazine rings is 1. The third-order valence-corrected chi connectivity index (χ3v) is 8.08. The van der Waals surface area contributed by atoms with Crippen molar-refractivity contribution in [3.8, 4) is 5.75 Å². The molecule has 152 valence electrons. The molecule has 3 rings (SSSR count). The number of para-hydroxylation sites is 1. The third kappa shape index (κ3) is 4.72. The number of hydrogen-bond acceptors (Lipinski definition) is 6. The van der Waals surface area contributed by atoms with Gasteiger partial charge in [-0.3, -0.25) is 9.69 Å². The van der Waals surface area contributed by atoms with E-state index in [0.29, 0.717) is 36.9 Å². The zero-order valence-corrected chi connectivity index (χ0v) is 17.7. The van der Waals surface area contributed by atoms with Crippen LogP contribution in [0, 0.1) is 0 Å². The highest BCUT2D eigenvalue weighted by Gasteiger charge is 2.30. The molecule has 1 aliphatic heterocycles. The van der Waals surface area contributed by atoms with Gasteiger partial charge in [-0.15, -0.1) is 11.3 Å². The fraction of sp³-hybridized carbons (Fsp3) is 0.421. The molecule has 0 aliphatic carbocycles. The Morgan fingerprint density at radius 3 is 2.50 bits per heavy atom. The van der Waals surface area contributed by atoms with E-state index in [1.54, 1.807) is 36.6 Å². The maximum Gasteiger partial charge on any atom is 0.252 e. The van der Waals surface area contributed by atoms with Gasteiger partial charge in [0.2, 0.25) is 5.91 Å². The van der Waals surface area contributed by atoms with Gasteiger partial charge in [0.15, 0.2) is 0 Å². The SMILES string of the molecule is COc1ccccc1CN(C)C(=O)CN1CCN(S(=O)(=O)c2cccs2)CC1. The molecule has 0 radical (unpaired) electrons. The zero-order valence-electron chi connectivity index (χ0n) is 16.1. The van der Waals surface area contributed by atoms with Crippen molar-refractivity contribution in [2.24, 2.45) is 0 Å². The van der Waals surface area contributed by atoms with Crippen molar-refractivity contribution in [1.82, 2.24) is 14.1 Å². The first-order chi connectivity index (χ1) is 13.4. The van der Waals surface area contributed by atoms with Crippen molar-refractivity contribution in [2.75, 3.05) is 46.9 Å².